The van der Waals surface area contributed by atoms with Crippen molar-refractivity contribution in [1.29, 1.82) is 0 Å². The van der Waals surface area contributed by atoms with E-state index in [1.807, 2.05) is 0 Å². The van der Waals surface area contributed by atoms with Gasteiger partial charge in [0.1, 0.15) is 5.69 Å². The lowest BCUT2D eigenvalue weighted by molar-refractivity contribution is 0.0962. The van der Waals surface area contributed by atoms with Gasteiger partial charge in [0.2, 0.25) is 5.75 Å². The molecule has 3 rings (SSSR count). The molecule has 1 amide bonds. The lowest BCUT2D eigenvalue weighted by atomic mass is 9.98. The maximum Gasteiger partial charge on any atom is 0.272 e. The fraction of sp³-hybridized carbons (Fsp3) is 0.350. The van der Waals surface area contributed by atoms with E-state index in [1.165, 1.54) is 21.3 Å². The molecule has 0 spiro atoms. The number of rotatable bonds is 7. The van der Waals surface area contributed by atoms with Crippen molar-refractivity contribution in [3.8, 4) is 17.2 Å². The molecule has 0 bridgehead atoms. The Morgan fingerprint density at radius 1 is 1.18 bits per heavy atom. The number of aliphatic hydroxyl groups is 1. The van der Waals surface area contributed by atoms with E-state index in [1.54, 1.807) is 18.2 Å². The van der Waals surface area contributed by atoms with Gasteiger partial charge in [0, 0.05) is 23.4 Å². The fourth-order valence-corrected chi connectivity index (χ4v) is 3.54. The fourth-order valence-electron chi connectivity index (χ4n) is 3.31. The van der Waals surface area contributed by atoms with Crippen LogP contribution in [0.15, 0.2) is 35.2 Å². The highest BCUT2D eigenvalue weighted by molar-refractivity contribution is 6.18. The third kappa shape index (κ3) is 3.75. The largest absolute Gasteiger partial charge is 0.512 e. The topological polar surface area (TPSA) is 92.8 Å². The summed E-state index contributed by atoms with van der Waals surface area (Å²) in [4.78, 5) is 15.9. The average Bonchev–Trinajstić information content (AvgIpc) is 3.12. The molecule has 28 heavy (non-hydrogen) atoms. The van der Waals surface area contributed by atoms with Crippen molar-refractivity contribution < 1.29 is 24.1 Å². The van der Waals surface area contributed by atoms with Crippen LogP contribution in [0.5, 0.6) is 17.2 Å². The van der Waals surface area contributed by atoms with Crippen LogP contribution in [0.2, 0.25) is 0 Å². The number of fused-ring (bicyclic) bond motifs is 1. The number of aromatic amines is 1. The van der Waals surface area contributed by atoms with E-state index in [9.17, 15) is 9.90 Å². The maximum absolute atomic E-state index is 12.8. The summed E-state index contributed by atoms with van der Waals surface area (Å²) in [6, 6.07) is 3.48. The lowest BCUT2D eigenvalue weighted by Crippen LogP contribution is -2.25. The van der Waals surface area contributed by atoms with Gasteiger partial charge in [0.05, 0.1) is 32.6 Å². The summed E-state index contributed by atoms with van der Waals surface area (Å²) < 4.78 is 16.2. The third-order valence-corrected chi connectivity index (χ3v) is 4.87. The van der Waals surface area contributed by atoms with Gasteiger partial charge < -0.3 is 29.6 Å². The van der Waals surface area contributed by atoms with Crippen LogP contribution < -0.4 is 19.5 Å². The van der Waals surface area contributed by atoms with E-state index in [0.717, 1.165) is 11.0 Å². The van der Waals surface area contributed by atoms with Gasteiger partial charge in [-0.2, -0.15) is 0 Å². The number of halogens is 1. The normalized spacial score (nSPS) is 14.1. The molecule has 0 radical (unpaired) electrons. The van der Waals surface area contributed by atoms with Crippen LogP contribution in [0.4, 0.5) is 0 Å². The molecule has 0 atom stereocenters. The molecule has 3 N–H and O–H groups in total. The molecule has 0 saturated carbocycles. The summed E-state index contributed by atoms with van der Waals surface area (Å²) in [5, 5.41) is 13.5. The zero-order valence-electron chi connectivity index (χ0n) is 16.0. The summed E-state index contributed by atoms with van der Waals surface area (Å²) in [5.41, 5.74) is 2.58. The zero-order chi connectivity index (χ0) is 20.3. The Hall–Kier alpha value is -2.80. The van der Waals surface area contributed by atoms with E-state index < -0.39 is 0 Å². The number of allylic oxidation sites excluding steroid dienone is 3. The Bertz CT molecular complexity index is 957. The number of carbonyl (C=O) groups is 1. The number of ether oxygens (including phenoxy) is 3. The number of amides is 1. The predicted molar refractivity (Wildman–Crippen MR) is 108 cm³/mol. The first kappa shape index (κ1) is 19.9. The smallest absolute Gasteiger partial charge is 0.272 e. The minimum atomic E-state index is -0.329. The molecule has 0 unspecified atom stereocenters. The molecule has 0 aliphatic heterocycles. The van der Waals surface area contributed by atoms with Crippen molar-refractivity contribution >= 4 is 28.4 Å². The van der Waals surface area contributed by atoms with Gasteiger partial charge in [0.15, 0.2) is 11.5 Å². The molecule has 1 aliphatic rings. The molecule has 150 valence electrons. The summed E-state index contributed by atoms with van der Waals surface area (Å²) in [6.07, 6.45) is 3.45. The van der Waals surface area contributed by atoms with Gasteiger partial charge in [-0.1, -0.05) is 0 Å². The first-order valence-electron chi connectivity index (χ1n) is 8.82. The number of carbonyl (C=O) groups excluding carboxylic acids is 1. The molecule has 1 aliphatic carbocycles. The van der Waals surface area contributed by atoms with Gasteiger partial charge in [-0.3, -0.25) is 4.79 Å². The van der Waals surface area contributed by atoms with Crippen LogP contribution in [-0.4, -0.2) is 43.2 Å². The minimum Gasteiger partial charge on any atom is -0.512 e. The number of H-pyrrole nitrogens is 1. The van der Waals surface area contributed by atoms with Crippen LogP contribution in [0.3, 0.4) is 0 Å². The average molecular weight is 407 g/mol. The van der Waals surface area contributed by atoms with Gasteiger partial charge in [-0.05, 0) is 36.6 Å². The second kappa shape index (κ2) is 8.48. The Labute approximate surface area is 167 Å². The summed E-state index contributed by atoms with van der Waals surface area (Å²) >= 11 is 5.86. The van der Waals surface area contributed by atoms with Crippen molar-refractivity contribution in [3.63, 3.8) is 0 Å². The highest BCUT2D eigenvalue weighted by Crippen LogP contribution is 2.43. The number of hydrogen-bond donors (Lipinski definition) is 3. The molecule has 7 nitrogen and oxygen atoms in total. The van der Waals surface area contributed by atoms with Gasteiger partial charge in [0.25, 0.3) is 5.91 Å². The first-order chi connectivity index (χ1) is 13.5. The first-order valence-corrected chi connectivity index (χ1v) is 9.36. The molecule has 1 heterocycles. The molecule has 2 aromatic rings. The standard InChI is InChI=1S/C20H23ClN2O5/c1-26-16-9-12-8-15(22-17(12)19(28-3)18(16)27-2)20(25)23-14-10-13(24)5-4-11(14)6-7-21/h8-10,22,24H,4-7H2,1-3H3,(H,23,25). The number of hydrogen-bond acceptors (Lipinski definition) is 5. The molecule has 0 fully saturated rings. The van der Waals surface area contributed by atoms with E-state index in [2.05, 4.69) is 10.3 Å². The van der Waals surface area contributed by atoms with Crippen molar-refractivity contribution in [1.82, 2.24) is 10.3 Å². The third-order valence-electron chi connectivity index (χ3n) is 4.68. The monoisotopic (exact) mass is 406 g/mol. The number of methoxy groups -OCH3 is 3. The number of nitrogens with one attached hydrogen (secondary N) is 2. The minimum absolute atomic E-state index is 0.237. The van der Waals surface area contributed by atoms with E-state index >= 15 is 0 Å². The lowest BCUT2D eigenvalue weighted by Gasteiger charge is -2.17. The molecule has 0 saturated heterocycles. The Kier molecular flexibility index (Phi) is 6.04. The van der Waals surface area contributed by atoms with Crippen LogP contribution in [-0.2, 0) is 0 Å². The summed E-state index contributed by atoms with van der Waals surface area (Å²) in [6.45, 7) is 0. The van der Waals surface area contributed by atoms with Crippen LogP contribution >= 0.6 is 11.6 Å². The SMILES string of the molecule is COc1cc2cc(C(=O)NC3=C(CCCl)CCC(O)=C3)[nH]c2c(OC)c1OC. The molecule has 1 aromatic heterocycles. The second-order valence-corrected chi connectivity index (χ2v) is 6.72. The Morgan fingerprint density at radius 3 is 2.57 bits per heavy atom. The maximum atomic E-state index is 12.8. The Balaban J connectivity index is 1.98. The quantitative estimate of drug-likeness (QED) is 0.603. The van der Waals surface area contributed by atoms with Gasteiger partial charge in [-0.25, -0.2) is 0 Å². The van der Waals surface area contributed by atoms with Crippen LogP contribution in [0, 0.1) is 0 Å². The second-order valence-electron chi connectivity index (χ2n) is 6.34. The van der Waals surface area contributed by atoms with Crippen molar-refractivity contribution in [3.05, 3.63) is 40.9 Å². The Morgan fingerprint density at radius 2 is 1.93 bits per heavy atom. The van der Waals surface area contributed by atoms with Crippen molar-refractivity contribution in [2.45, 2.75) is 19.3 Å². The van der Waals surface area contributed by atoms with Gasteiger partial charge in [-0.15, -0.1) is 11.6 Å². The van der Waals surface area contributed by atoms with Gasteiger partial charge >= 0.3 is 0 Å². The molecular weight excluding hydrogens is 384 g/mol. The van der Waals surface area contributed by atoms with Crippen LogP contribution in [0.25, 0.3) is 10.9 Å². The highest BCUT2D eigenvalue weighted by atomic mass is 35.5. The summed E-state index contributed by atoms with van der Waals surface area (Å²) in [7, 11) is 4.59. The van der Waals surface area contributed by atoms with Crippen molar-refractivity contribution in [2.75, 3.05) is 27.2 Å². The molecule has 1 aromatic carbocycles. The number of aliphatic hydroxyl groups excluding tert-OH is 1. The van der Waals surface area contributed by atoms with Crippen molar-refractivity contribution in [2.24, 2.45) is 0 Å². The highest BCUT2D eigenvalue weighted by Gasteiger charge is 2.21. The van der Waals surface area contributed by atoms with E-state index in [0.29, 0.717) is 59.3 Å². The molecular formula is C20H23ClN2O5. The summed E-state index contributed by atoms with van der Waals surface area (Å²) in [5.74, 6) is 1.76. The zero-order valence-corrected chi connectivity index (χ0v) is 16.8. The number of aromatic nitrogens is 1. The predicted octanol–water partition coefficient (Wildman–Crippen LogP) is 4.04. The number of alkyl halides is 1. The number of benzene rings is 1. The van der Waals surface area contributed by atoms with Crippen LogP contribution in [0.1, 0.15) is 29.8 Å². The molecule has 8 heteroatoms. The van der Waals surface area contributed by atoms with E-state index in [4.69, 9.17) is 25.8 Å². The van der Waals surface area contributed by atoms with E-state index in [-0.39, 0.29) is 11.7 Å².